The van der Waals surface area contributed by atoms with Crippen molar-refractivity contribution in [2.45, 2.75) is 6.92 Å². The van der Waals surface area contributed by atoms with E-state index in [-0.39, 0.29) is 0 Å². The van der Waals surface area contributed by atoms with E-state index in [1.807, 2.05) is 72.8 Å². The molecule has 0 unspecified atom stereocenters. The van der Waals surface area contributed by atoms with E-state index in [0.29, 0.717) is 17.5 Å². The van der Waals surface area contributed by atoms with Gasteiger partial charge < -0.3 is 4.42 Å². The first-order valence-corrected chi connectivity index (χ1v) is 14.3. The van der Waals surface area contributed by atoms with Crippen molar-refractivity contribution in [2.24, 2.45) is 14.1 Å². The Kier molecular flexibility index (Phi) is 5.69. The monoisotopic (exact) mass is 558 g/mol. The molecule has 0 amide bonds. The maximum atomic E-state index is 6.62. The zero-order valence-electron chi connectivity index (χ0n) is 24.1. The van der Waals surface area contributed by atoms with E-state index >= 15 is 0 Å². The molecule has 5 aromatic carbocycles. The van der Waals surface area contributed by atoms with Crippen LogP contribution in [-0.2, 0) is 14.1 Å². The van der Waals surface area contributed by atoms with Gasteiger partial charge in [-0.2, -0.15) is 0 Å². The molecule has 0 saturated heterocycles. The standard InChI is InChI=1S/C37H28N5O/c1-23-18-20-27-28-22-26(36-39-34(24-12-6-4-7-13-24)38-35(40-36)25-14-8-5-9-15-25)19-21-31(28)43-33(27)32(23)37-41(2)29-16-10-11-17-30(29)42(37)3/h4-22H,1-3H3/q+1. The predicted molar refractivity (Wildman–Crippen MR) is 171 cm³/mol. The van der Waals surface area contributed by atoms with Crippen LogP contribution < -0.4 is 4.57 Å². The number of aromatic nitrogens is 5. The second-order valence-corrected chi connectivity index (χ2v) is 10.9. The lowest BCUT2D eigenvalue weighted by Gasteiger charge is -2.08. The Morgan fingerprint density at radius 3 is 1.88 bits per heavy atom. The molecule has 0 N–H and O–H groups in total. The van der Waals surface area contributed by atoms with Gasteiger partial charge in [-0.05, 0) is 42.8 Å². The molecule has 0 saturated carbocycles. The fraction of sp³-hybridized carbons (Fsp3) is 0.0811. The van der Waals surface area contributed by atoms with Crippen LogP contribution in [0.25, 0.3) is 78.5 Å². The largest absolute Gasteiger partial charge is 0.455 e. The lowest BCUT2D eigenvalue weighted by Crippen LogP contribution is -2.30. The number of hydrogen-bond donors (Lipinski definition) is 0. The van der Waals surface area contributed by atoms with E-state index < -0.39 is 0 Å². The van der Waals surface area contributed by atoms with Crippen molar-refractivity contribution in [3.63, 3.8) is 0 Å². The lowest BCUT2D eigenvalue weighted by atomic mass is 10.0. The van der Waals surface area contributed by atoms with Gasteiger partial charge in [0, 0.05) is 27.5 Å². The van der Waals surface area contributed by atoms with Crippen molar-refractivity contribution in [2.75, 3.05) is 0 Å². The van der Waals surface area contributed by atoms with Crippen LogP contribution in [-0.4, -0.2) is 19.5 Å². The number of para-hydroxylation sites is 2. The molecule has 6 heteroatoms. The van der Waals surface area contributed by atoms with Crippen molar-refractivity contribution in [3.05, 3.63) is 121 Å². The van der Waals surface area contributed by atoms with Crippen LogP contribution in [0.2, 0.25) is 0 Å². The molecule has 0 aliphatic heterocycles. The number of furan rings is 1. The third-order valence-electron chi connectivity index (χ3n) is 8.27. The quantitative estimate of drug-likeness (QED) is 0.205. The highest BCUT2D eigenvalue weighted by molar-refractivity contribution is 6.10. The Bertz CT molecular complexity index is 2220. The van der Waals surface area contributed by atoms with Gasteiger partial charge in [0.05, 0.1) is 14.1 Å². The first kappa shape index (κ1) is 25.1. The number of nitrogens with zero attached hydrogens (tertiary/aromatic N) is 5. The third kappa shape index (κ3) is 4.02. The van der Waals surface area contributed by atoms with Crippen molar-refractivity contribution >= 4 is 33.0 Å². The summed E-state index contributed by atoms with van der Waals surface area (Å²) in [6.07, 6.45) is 0. The van der Waals surface area contributed by atoms with E-state index in [1.54, 1.807) is 0 Å². The Balaban J connectivity index is 1.34. The van der Waals surface area contributed by atoms with Gasteiger partial charge in [0.25, 0.3) is 5.82 Å². The van der Waals surface area contributed by atoms with Gasteiger partial charge in [0.15, 0.2) is 34.1 Å². The molecule has 8 aromatic rings. The van der Waals surface area contributed by atoms with E-state index in [2.05, 4.69) is 72.6 Å². The minimum atomic E-state index is 0.622. The highest BCUT2D eigenvalue weighted by atomic mass is 16.3. The SMILES string of the molecule is Cc1ccc2c(oc3ccc(-c4nc(-c5ccccc5)nc(-c5ccccc5)n4)cc32)c1-c1n(C)c2ccccc2[n+]1C. The molecule has 0 radical (unpaired) electrons. The van der Waals surface area contributed by atoms with Crippen LogP contribution in [0.5, 0.6) is 0 Å². The summed E-state index contributed by atoms with van der Waals surface area (Å²) in [7, 11) is 4.23. The number of fused-ring (bicyclic) bond motifs is 4. The molecule has 0 fully saturated rings. The van der Waals surface area contributed by atoms with E-state index in [1.165, 1.54) is 11.0 Å². The minimum absolute atomic E-state index is 0.622. The van der Waals surface area contributed by atoms with Crippen LogP contribution in [0, 0.1) is 6.92 Å². The molecule has 0 bridgehead atoms. The summed E-state index contributed by atoms with van der Waals surface area (Å²) in [5, 5.41) is 2.08. The van der Waals surface area contributed by atoms with Gasteiger partial charge in [-0.25, -0.2) is 24.1 Å². The molecule has 3 aromatic heterocycles. The molecule has 0 aliphatic rings. The summed E-state index contributed by atoms with van der Waals surface area (Å²) < 4.78 is 11.1. The van der Waals surface area contributed by atoms with Crippen LogP contribution >= 0.6 is 0 Å². The van der Waals surface area contributed by atoms with E-state index in [4.69, 9.17) is 19.4 Å². The highest BCUT2D eigenvalue weighted by Crippen LogP contribution is 2.39. The Morgan fingerprint density at radius 2 is 1.23 bits per heavy atom. The summed E-state index contributed by atoms with van der Waals surface area (Å²) in [4.78, 5) is 14.7. The van der Waals surface area contributed by atoms with E-state index in [0.717, 1.165) is 55.6 Å². The maximum absolute atomic E-state index is 6.62. The fourth-order valence-corrected chi connectivity index (χ4v) is 6.11. The highest BCUT2D eigenvalue weighted by Gasteiger charge is 2.27. The van der Waals surface area contributed by atoms with Crippen LogP contribution in [0.4, 0.5) is 0 Å². The van der Waals surface area contributed by atoms with Gasteiger partial charge in [0.1, 0.15) is 11.1 Å². The number of aryl methyl sites for hydroxylation is 3. The molecule has 0 atom stereocenters. The van der Waals surface area contributed by atoms with E-state index in [9.17, 15) is 0 Å². The number of benzene rings is 5. The predicted octanol–water partition coefficient (Wildman–Crippen LogP) is 8.06. The fourth-order valence-electron chi connectivity index (χ4n) is 6.11. The van der Waals surface area contributed by atoms with Crippen molar-refractivity contribution < 1.29 is 8.98 Å². The average molecular weight is 559 g/mol. The molecule has 0 spiro atoms. The molecule has 8 rings (SSSR count). The normalized spacial score (nSPS) is 11.6. The molecule has 0 aliphatic carbocycles. The third-order valence-corrected chi connectivity index (χ3v) is 8.27. The minimum Gasteiger partial charge on any atom is -0.455 e. The molecule has 3 heterocycles. The Morgan fingerprint density at radius 1 is 0.628 bits per heavy atom. The molecular formula is C37H28N5O+. The molecule has 206 valence electrons. The van der Waals surface area contributed by atoms with Gasteiger partial charge in [-0.15, -0.1) is 0 Å². The maximum Gasteiger partial charge on any atom is 0.293 e. The number of rotatable bonds is 4. The second kappa shape index (κ2) is 9.74. The van der Waals surface area contributed by atoms with Crippen molar-refractivity contribution in [1.29, 1.82) is 0 Å². The van der Waals surface area contributed by atoms with Gasteiger partial charge in [-0.1, -0.05) is 84.9 Å². The van der Waals surface area contributed by atoms with Gasteiger partial charge in [-0.3, -0.25) is 0 Å². The molecule has 6 nitrogen and oxygen atoms in total. The zero-order chi connectivity index (χ0) is 29.1. The Labute approximate surface area is 248 Å². The molecule has 43 heavy (non-hydrogen) atoms. The Hall–Kier alpha value is -5.62. The molecular weight excluding hydrogens is 530 g/mol. The first-order valence-electron chi connectivity index (χ1n) is 14.3. The zero-order valence-corrected chi connectivity index (χ0v) is 24.1. The van der Waals surface area contributed by atoms with Crippen LogP contribution in [0.1, 0.15) is 5.56 Å². The summed E-state index contributed by atoms with van der Waals surface area (Å²) in [5.41, 5.74) is 9.10. The number of hydrogen-bond acceptors (Lipinski definition) is 4. The van der Waals surface area contributed by atoms with Gasteiger partial charge in [0.2, 0.25) is 0 Å². The summed E-state index contributed by atoms with van der Waals surface area (Å²) in [6.45, 7) is 2.14. The van der Waals surface area contributed by atoms with Crippen LogP contribution in [0.3, 0.4) is 0 Å². The van der Waals surface area contributed by atoms with Gasteiger partial charge >= 0.3 is 0 Å². The summed E-state index contributed by atoms with van der Waals surface area (Å²) >= 11 is 0. The van der Waals surface area contributed by atoms with Crippen molar-refractivity contribution in [1.82, 2.24) is 19.5 Å². The lowest BCUT2D eigenvalue weighted by molar-refractivity contribution is -0.634. The number of imidazole rings is 1. The van der Waals surface area contributed by atoms with Crippen LogP contribution in [0.15, 0.2) is 120 Å². The topological polar surface area (TPSA) is 60.6 Å². The summed E-state index contributed by atoms with van der Waals surface area (Å²) in [5.74, 6) is 3.00. The summed E-state index contributed by atoms with van der Waals surface area (Å²) in [6, 6.07) is 39.1. The second-order valence-electron chi connectivity index (χ2n) is 10.9. The average Bonchev–Trinajstić information content (AvgIpc) is 3.55. The van der Waals surface area contributed by atoms with Crippen molar-refractivity contribution in [3.8, 4) is 45.6 Å². The first-order chi connectivity index (χ1) is 21.1. The smallest absolute Gasteiger partial charge is 0.293 e.